The Hall–Kier alpha value is -3.13. The molecule has 144 valence electrons. The van der Waals surface area contributed by atoms with Gasteiger partial charge in [0.25, 0.3) is 5.91 Å². The lowest BCUT2D eigenvalue weighted by atomic mass is 10.2. The maximum absolute atomic E-state index is 12.9. The molecule has 0 aliphatic heterocycles. The number of amides is 1. The number of aromatic nitrogens is 2. The number of anilines is 2. The number of para-hydroxylation sites is 1. The second-order valence-electron chi connectivity index (χ2n) is 6.88. The van der Waals surface area contributed by atoms with Gasteiger partial charge >= 0.3 is 0 Å². The number of sulfonamides is 1. The van der Waals surface area contributed by atoms with E-state index in [-0.39, 0.29) is 5.91 Å². The summed E-state index contributed by atoms with van der Waals surface area (Å²) in [4.78, 5) is 12.9. The first-order valence-electron chi connectivity index (χ1n) is 8.94. The third-order valence-corrected chi connectivity index (χ3v) is 5.01. The van der Waals surface area contributed by atoms with E-state index in [2.05, 4.69) is 15.1 Å². The smallest absolute Gasteiger partial charge is 0.274 e. The highest BCUT2D eigenvalue weighted by Gasteiger charge is 2.29. The van der Waals surface area contributed by atoms with Crippen molar-refractivity contribution in [3.8, 4) is 5.69 Å². The largest absolute Gasteiger partial charge is 0.321 e. The van der Waals surface area contributed by atoms with Crippen LogP contribution in [0.2, 0.25) is 0 Å². The van der Waals surface area contributed by atoms with Gasteiger partial charge in [-0.3, -0.25) is 9.52 Å². The van der Waals surface area contributed by atoms with E-state index in [4.69, 9.17) is 0 Å². The molecule has 0 saturated heterocycles. The van der Waals surface area contributed by atoms with Crippen molar-refractivity contribution in [1.82, 2.24) is 9.78 Å². The minimum atomic E-state index is -3.34. The van der Waals surface area contributed by atoms with Gasteiger partial charge in [-0.15, -0.1) is 0 Å². The van der Waals surface area contributed by atoms with Crippen LogP contribution >= 0.6 is 0 Å². The lowest BCUT2D eigenvalue weighted by Crippen LogP contribution is -2.17. The molecule has 1 aliphatic rings. The summed E-state index contributed by atoms with van der Waals surface area (Å²) in [6.07, 6.45) is 3.29. The van der Waals surface area contributed by atoms with Crippen molar-refractivity contribution in [3.63, 3.8) is 0 Å². The molecule has 0 spiro atoms. The van der Waals surface area contributed by atoms with Crippen molar-refractivity contribution in [2.75, 3.05) is 16.3 Å². The molecule has 1 saturated carbocycles. The van der Waals surface area contributed by atoms with Crippen LogP contribution in [0.4, 0.5) is 11.4 Å². The van der Waals surface area contributed by atoms with E-state index in [0.29, 0.717) is 23.0 Å². The molecule has 0 atom stereocenters. The van der Waals surface area contributed by atoms with Crippen LogP contribution in [0, 0.1) is 0 Å². The zero-order valence-electron chi connectivity index (χ0n) is 15.3. The van der Waals surface area contributed by atoms with Crippen molar-refractivity contribution in [2.24, 2.45) is 0 Å². The predicted molar refractivity (Wildman–Crippen MR) is 108 cm³/mol. The van der Waals surface area contributed by atoms with Gasteiger partial charge in [0.1, 0.15) is 5.69 Å². The van der Waals surface area contributed by atoms with Crippen LogP contribution < -0.4 is 10.0 Å². The van der Waals surface area contributed by atoms with Crippen LogP contribution in [0.1, 0.15) is 34.9 Å². The van der Waals surface area contributed by atoms with E-state index < -0.39 is 10.0 Å². The van der Waals surface area contributed by atoms with E-state index in [9.17, 15) is 13.2 Å². The maximum Gasteiger partial charge on any atom is 0.274 e. The second-order valence-corrected chi connectivity index (χ2v) is 8.63. The Morgan fingerprint density at radius 3 is 2.29 bits per heavy atom. The van der Waals surface area contributed by atoms with Gasteiger partial charge in [0.2, 0.25) is 10.0 Å². The standard InChI is InChI=1S/C20H20N4O3S/c1-28(26,27)23-16-11-9-15(10-12-16)21-20(25)19-13-18(14-7-8-14)22-24(19)17-5-3-2-4-6-17/h2-6,9-14,23H,7-8H2,1H3,(H,21,25). The minimum Gasteiger partial charge on any atom is -0.321 e. The van der Waals surface area contributed by atoms with Crippen LogP contribution in [0.5, 0.6) is 0 Å². The monoisotopic (exact) mass is 396 g/mol. The molecule has 1 heterocycles. The molecule has 0 radical (unpaired) electrons. The minimum absolute atomic E-state index is 0.271. The summed E-state index contributed by atoms with van der Waals surface area (Å²) in [5.41, 5.74) is 3.23. The van der Waals surface area contributed by atoms with Gasteiger partial charge in [0, 0.05) is 17.3 Å². The highest BCUT2D eigenvalue weighted by Crippen LogP contribution is 2.39. The molecule has 4 rings (SSSR count). The van der Waals surface area contributed by atoms with Crippen LogP contribution in [0.3, 0.4) is 0 Å². The predicted octanol–water partition coefficient (Wildman–Crippen LogP) is 3.37. The molecule has 7 nitrogen and oxygen atoms in total. The SMILES string of the molecule is CS(=O)(=O)Nc1ccc(NC(=O)c2cc(C3CC3)nn2-c2ccccc2)cc1. The Bertz CT molecular complexity index is 1100. The maximum atomic E-state index is 12.9. The molecule has 1 fully saturated rings. The van der Waals surface area contributed by atoms with E-state index in [0.717, 1.165) is 30.5 Å². The number of hydrogen-bond acceptors (Lipinski definition) is 4. The lowest BCUT2D eigenvalue weighted by molar-refractivity contribution is 0.101. The van der Waals surface area contributed by atoms with Crippen LogP contribution in [0.25, 0.3) is 5.69 Å². The van der Waals surface area contributed by atoms with Gasteiger partial charge in [-0.1, -0.05) is 18.2 Å². The van der Waals surface area contributed by atoms with Gasteiger partial charge in [0.15, 0.2) is 0 Å². The molecular weight excluding hydrogens is 376 g/mol. The molecule has 0 unspecified atom stereocenters. The third kappa shape index (κ3) is 4.23. The Morgan fingerprint density at radius 1 is 1.04 bits per heavy atom. The second kappa shape index (κ2) is 7.12. The molecule has 8 heteroatoms. The molecule has 3 aromatic rings. The van der Waals surface area contributed by atoms with Crippen molar-refractivity contribution < 1.29 is 13.2 Å². The Kier molecular flexibility index (Phi) is 4.64. The first-order valence-corrected chi connectivity index (χ1v) is 10.8. The quantitative estimate of drug-likeness (QED) is 0.668. The number of carbonyl (C=O) groups is 1. The summed E-state index contributed by atoms with van der Waals surface area (Å²) < 4.78 is 26.6. The number of carbonyl (C=O) groups excluding carboxylic acids is 1. The average molecular weight is 396 g/mol. The summed E-state index contributed by atoms with van der Waals surface area (Å²) >= 11 is 0. The van der Waals surface area contributed by atoms with E-state index in [1.165, 1.54) is 0 Å². The Balaban J connectivity index is 1.58. The van der Waals surface area contributed by atoms with E-state index in [1.807, 2.05) is 36.4 Å². The molecular formula is C20H20N4O3S. The fourth-order valence-electron chi connectivity index (χ4n) is 2.94. The molecule has 2 aromatic carbocycles. The van der Waals surface area contributed by atoms with E-state index >= 15 is 0 Å². The Morgan fingerprint density at radius 2 is 1.68 bits per heavy atom. The van der Waals surface area contributed by atoms with Gasteiger partial charge in [-0.05, 0) is 55.3 Å². The fraction of sp³-hybridized carbons (Fsp3) is 0.200. The first kappa shape index (κ1) is 18.2. The van der Waals surface area contributed by atoms with Crippen LogP contribution in [-0.4, -0.2) is 30.4 Å². The highest BCUT2D eigenvalue weighted by molar-refractivity contribution is 7.92. The first-order chi connectivity index (χ1) is 13.4. The molecule has 2 N–H and O–H groups in total. The molecule has 1 aliphatic carbocycles. The number of hydrogen-bond donors (Lipinski definition) is 2. The summed E-state index contributed by atoms with van der Waals surface area (Å²) in [6.45, 7) is 0. The molecule has 0 bridgehead atoms. The van der Waals surface area contributed by atoms with Gasteiger partial charge in [-0.2, -0.15) is 5.10 Å². The van der Waals surface area contributed by atoms with Crippen molar-refractivity contribution in [2.45, 2.75) is 18.8 Å². The summed E-state index contributed by atoms with van der Waals surface area (Å²) in [5.74, 6) is 0.157. The molecule has 1 aromatic heterocycles. The van der Waals surface area contributed by atoms with Gasteiger partial charge in [0.05, 0.1) is 17.6 Å². The summed E-state index contributed by atoms with van der Waals surface area (Å²) in [5, 5.41) is 7.49. The average Bonchev–Trinajstić information content (AvgIpc) is 3.41. The number of nitrogens with one attached hydrogen (secondary N) is 2. The zero-order valence-corrected chi connectivity index (χ0v) is 16.1. The summed E-state index contributed by atoms with van der Waals surface area (Å²) in [7, 11) is -3.34. The lowest BCUT2D eigenvalue weighted by Gasteiger charge is -2.09. The van der Waals surface area contributed by atoms with Gasteiger partial charge < -0.3 is 5.32 Å². The molecule has 1 amide bonds. The number of benzene rings is 2. The number of rotatable bonds is 6. The molecule has 28 heavy (non-hydrogen) atoms. The zero-order chi connectivity index (χ0) is 19.7. The Labute approximate surface area is 163 Å². The highest BCUT2D eigenvalue weighted by atomic mass is 32.2. The summed E-state index contributed by atoms with van der Waals surface area (Å²) in [6, 6.07) is 17.9. The van der Waals surface area contributed by atoms with Crippen molar-refractivity contribution >= 4 is 27.3 Å². The van der Waals surface area contributed by atoms with Crippen LogP contribution in [0.15, 0.2) is 60.7 Å². The topological polar surface area (TPSA) is 93.1 Å². The normalized spacial score (nSPS) is 13.9. The third-order valence-electron chi connectivity index (χ3n) is 4.40. The van der Waals surface area contributed by atoms with E-state index in [1.54, 1.807) is 28.9 Å². The fourth-order valence-corrected chi connectivity index (χ4v) is 3.50. The number of nitrogens with zero attached hydrogens (tertiary/aromatic N) is 2. The van der Waals surface area contributed by atoms with Crippen molar-refractivity contribution in [1.29, 1.82) is 0 Å². The van der Waals surface area contributed by atoms with Crippen LogP contribution in [-0.2, 0) is 10.0 Å². The van der Waals surface area contributed by atoms with Crippen molar-refractivity contribution in [3.05, 3.63) is 72.1 Å². The van der Waals surface area contributed by atoms with Gasteiger partial charge in [-0.25, -0.2) is 13.1 Å².